The van der Waals surface area contributed by atoms with Gasteiger partial charge >= 0.3 is 6.03 Å². The Morgan fingerprint density at radius 1 is 1.37 bits per heavy atom. The van der Waals surface area contributed by atoms with Gasteiger partial charge in [0.15, 0.2) is 0 Å². The predicted octanol–water partition coefficient (Wildman–Crippen LogP) is 2.03. The molecule has 2 aliphatic rings. The second-order valence-corrected chi connectivity index (χ2v) is 9.58. The van der Waals surface area contributed by atoms with E-state index in [1.54, 1.807) is 0 Å². The molecule has 0 aromatic rings. The summed E-state index contributed by atoms with van der Waals surface area (Å²) in [4.78, 5) is 39.1. The van der Waals surface area contributed by atoms with Crippen LogP contribution in [0.25, 0.3) is 0 Å². The van der Waals surface area contributed by atoms with E-state index in [1.165, 1.54) is 0 Å². The number of hydrogen-bond acceptors (Lipinski definition) is 4. The summed E-state index contributed by atoms with van der Waals surface area (Å²) in [6, 6.07) is -0.478. The van der Waals surface area contributed by atoms with Gasteiger partial charge in [0.2, 0.25) is 5.91 Å². The number of carbonyl (C=O) groups is 3. The van der Waals surface area contributed by atoms with Gasteiger partial charge in [0.1, 0.15) is 12.1 Å². The number of urea groups is 1. The van der Waals surface area contributed by atoms with E-state index in [0.29, 0.717) is 18.8 Å². The zero-order chi connectivity index (χ0) is 19.9. The van der Waals surface area contributed by atoms with Crippen LogP contribution in [0.5, 0.6) is 0 Å². The van der Waals surface area contributed by atoms with E-state index in [2.05, 4.69) is 31.4 Å². The highest BCUT2D eigenvalue weighted by Gasteiger charge is 2.56. The molecule has 27 heavy (non-hydrogen) atoms. The fourth-order valence-corrected chi connectivity index (χ4v) is 4.58. The fraction of sp³-hybridized carbons (Fsp3) is 0.842. The lowest BCUT2D eigenvalue weighted by Crippen LogP contribution is -2.57. The minimum atomic E-state index is -0.881. The number of hydrogen-bond donors (Lipinski definition) is 3. The first kappa shape index (κ1) is 23.7. The van der Waals surface area contributed by atoms with Gasteiger partial charge < -0.3 is 16.4 Å². The summed E-state index contributed by atoms with van der Waals surface area (Å²) in [6.07, 6.45) is 2.23. The molecule has 4 N–H and O–H groups in total. The predicted molar refractivity (Wildman–Crippen MR) is 107 cm³/mol. The summed E-state index contributed by atoms with van der Waals surface area (Å²) in [5.74, 6) is -0.185. The molecule has 1 saturated carbocycles. The van der Waals surface area contributed by atoms with Crippen molar-refractivity contribution in [1.29, 1.82) is 0 Å². The SMILES string of the molecule is CC1CC(C)(C)CC2(C1)NC(=O)N(CC(=O)NC(C)(CN)C(C)C)C2=O.Cl. The molecule has 3 unspecified atom stereocenters. The monoisotopic (exact) mass is 402 g/mol. The van der Waals surface area contributed by atoms with Crippen LogP contribution in [0.1, 0.15) is 60.8 Å². The Balaban J connectivity index is 0.00000364. The Morgan fingerprint density at radius 2 is 1.96 bits per heavy atom. The number of imide groups is 1. The van der Waals surface area contributed by atoms with Gasteiger partial charge in [-0.2, -0.15) is 0 Å². The molecule has 1 aliphatic heterocycles. The number of carbonyl (C=O) groups excluding carboxylic acids is 3. The fourth-order valence-electron chi connectivity index (χ4n) is 4.58. The first-order valence-electron chi connectivity index (χ1n) is 9.49. The van der Waals surface area contributed by atoms with Gasteiger partial charge in [0, 0.05) is 6.54 Å². The Hall–Kier alpha value is -1.34. The topological polar surface area (TPSA) is 105 Å². The van der Waals surface area contributed by atoms with E-state index < -0.39 is 17.1 Å². The lowest BCUT2D eigenvalue weighted by Gasteiger charge is -2.43. The first-order valence-corrected chi connectivity index (χ1v) is 9.49. The third kappa shape index (κ3) is 4.74. The summed E-state index contributed by atoms with van der Waals surface area (Å²) in [6.45, 7) is 12.2. The molecule has 156 valence electrons. The van der Waals surface area contributed by atoms with Gasteiger partial charge in [-0.3, -0.25) is 14.5 Å². The quantitative estimate of drug-likeness (QED) is 0.612. The molecule has 7 nitrogen and oxygen atoms in total. The molecule has 0 aromatic carbocycles. The maximum absolute atomic E-state index is 13.1. The molecular weight excluding hydrogens is 368 g/mol. The van der Waals surface area contributed by atoms with Crippen LogP contribution in [0.3, 0.4) is 0 Å². The standard InChI is InChI=1S/C19H34N4O3.ClH/c1-12(2)18(6,11-20)21-14(24)9-23-15(25)19(22-16(23)26)8-13(3)7-17(4,5)10-19;/h12-13H,7-11,20H2,1-6H3,(H,21,24)(H,22,26);1H. The van der Waals surface area contributed by atoms with E-state index in [-0.39, 0.29) is 48.6 Å². The van der Waals surface area contributed by atoms with Gasteiger partial charge in [-0.25, -0.2) is 4.79 Å². The Bertz CT molecular complexity index is 610. The molecule has 0 bridgehead atoms. The van der Waals surface area contributed by atoms with Crippen molar-refractivity contribution in [2.45, 2.75) is 71.9 Å². The van der Waals surface area contributed by atoms with E-state index in [0.717, 1.165) is 11.3 Å². The zero-order valence-electron chi connectivity index (χ0n) is 17.3. The van der Waals surface area contributed by atoms with E-state index in [1.807, 2.05) is 20.8 Å². The third-order valence-corrected chi connectivity index (χ3v) is 6.05. The third-order valence-electron chi connectivity index (χ3n) is 6.05. The van der Waals surface area contributed by atoms with Crippen molar-refractivity contribution < 1.29 is 14.4 Å². The van der Waals surface area contributed by atoms with Crippen molar-refractivity contribution in [3.63, 3.8) is 0 Å². The summed E-state index contributed by atoms with van der Waals surface area (Å²) in [5.41, 5.74) is 4.31. The largest absolute Gasteiger partial charge is 0.348 e. The second-order valence-electron chi connectivity index (χ2n) is 9.58. The van der Waals surface area contributed by atoms with Crippen LogP contribution < -0.4 is 16.4 Å². The molecule has 1 saturated heterocycles. The average molecular weight is 403 g/mol. The van der Waals surface area contributed by atoms with Gasteiger partial charge in [-0.05, 0) is 43.4 Å². The normalized spacial score (nSPS) is 29.3. The molecule has 8 heteroatoms. The molecule has 0 radical (unpaired) electrons. The number of amides is 4. The van der Waals surface area contributed by atoms with Crippen LogP contribution >= 0.6 is 12.4 Å². The van der Waals surface area contributed by atoms with Gasteiger partial charge in [0.25, 0.3) is 5.91 Å². The number of halogens is 1. The van der Waals surface area contributed by atoms with Crippen LogP contribution in [-0.2, 0) is 9.59 Å². The van der Waals surface area contributed by atoms with Crippen molar-refractivity contribution in [1.82, 2.24) is 15.5 Å². The number of nitrogens with one attached hydrogen (secondary N) is 2. The molecule has 2 fully saturated rings. The number of nitrogens with two attached hydrogens (primary N) is 1. The van der Waals surface area contributed by atoms with E-state index in [9.17, 15) is 14.4 Å². The Morgan fingerprint density at radius 3 is 2.44 bits per heavy atom. The first-order chi connectivity index (χ1) is 11.8. The summed E-state index contributed by atoms with van der Waals surface area (Å²) in [5, 5.41) is 5.78. The van der Waals surface area contributed by atoms with Gasteiger partial charge in [0.05, 0.1) is 5.54 Å². The minimum absolute atomic E-state index is 0. The maximum Gasteiger partial charge on any atom is 0.325 e. The smallest absolute Gasteiger partial charge is 0.325 e. The summed E-state index contributed by atoms with van der Waals surface area (Å²) >= 11 is 0. The second kappa shape index (κ2) is 7.95. The van der Waals surface area contributed by atoms with E-state index in [4.69, 9.17) is 5.73 Å². The summed E-state index contributed by atoms with van der Waals surface area (Å²) < 4.78 is 0. The highest BCUT2D eigenvalue weighted by molar-refractivity contribution is 6.09. The van der Waals surface area contributed by atoms with Crippen LogP contribution in [0, 0.1) is 17.3 Å². The lowest BCUT2D eigenvalue weighted by atomic mass is 9.64. The molecule has 0 aromatic heterocycles. The lowest BCUT2D eigenvalue weighted by molar-refractivity contribution is -0.138. The highest BCUT2D eigenvalue weighted by atomic mass is 35.5. The number of rotatable bonds is 5. The van der Waals surface area contributed by atoms with Crippen molar-refractivity contribution in [3.8, 4) is 0 Å². The molecule has 1 aliphatic carbocycles. The van der Waals surface area contributed by atoms with Crippen LogP contribution in [0.4, 0.5) is 4.79 Å². The molecule has 1 heterocycles. The Kier molecular flexibility index (Phi) is 6.98. The average Bonchev–Trinajstić information content (AvgIpc) is 2.68. The molecule has 4 amide bonds. The van der Waals surface area contributed by atoms with Crippen LogP contribution in [0.2, 0.25) is 0 Å². The van der Waals surface area contributed by atoms with Crippen molar-refractivity contribution in [2.75, 3.05) is 13.1 Å². The summed E-state index contributed by atoms with van der Waals surface area (Å²) in [7, 11) is 0. The minimum Gasteiger partial charge on any atom is -0.348 e. The van der Waals surface area contributed by atoms with Gasteiger partial charge in [-0.1, -0.05) is 34.6 Å². The zero-order valence-corrected chi connectivity index (χ0v) is 18.2. The van der Waals surface area contributed by atoms with Crippen LogP contribution in [-0.4, -0.2) is 46.9 Å². The van der Waals surface area contributed by atoms with Crippen molar-refractivity contribution in [3.05, 3.63) is 0 Å². The van der Waals surface area contributed by atoms with E-state index >= 15 is 0 Å². The molecule has 3 atom stereocenters. The van der Waals surface area contributed by atoms with Crippen molar-refractivity contribution >= 4 is 30.3 Å². The highest BCUT2D eigenvalue weighted by Crippen LogP contribution is 2.46. The maximum atomic E-state index is 13.1. The Labute approximate surface area is 168 Å². The molecule has 2 rings (SSSR count). The van der Waals surface area contributed by atoms with Crippen LogP contribution in [0.15, 0.2) is 0 Å². The molecular formula is C19H35ClN4O3. The number of nitrogens with zero attached hydrogens (tertiary/aromatic N) is 1. The van der Waals surface area contributed by atoms with Crippen molar-refractivity contribution in [2.24, 2.45) is 23.0 Å². The molecule has 1 spiro atoms. The van der Waals surface area contributed by atoms with Gasteiger partial charge in [-0.15, -0.1) is 12.4 Å².